The summed E-state index contributed by atoms with van der Waals surface area (Å²) in [6.07, 6.45) is 8.30. The molecule has 0 aromatic carbocycles. The highest BCUT2D eigenvalue weighted by atomic mass is 16.3. The maximum Gasteiger partial charge on any atom is 0.318 e. The van der Waals surface area contributed by atoms with Gasteiger partial charge in [-0.2, -0.15) is 5.10 Å². The van der Waals surface area contributed by atoms with Crippen LogP contribution in [0.2, 0.25) is 0 Å². The molecule has 22 heavy (non-hydrogen) atoms. The van der Waals surface area contributed by atoms with Crippen molar-refractivity contribution in [1.29, 1.82) is 0 Å². The van der Waals surface area contributed by atoms with E-state index in [2.05, 4.69) is 15.5 Å². The van der Waals surface area contributed by atoms with Crippen LogP contribution in [0.15, 0.2) is 29.0 Å². The van der Waals surface area contributed by atoms with Crippen LogP contribution in [0, 0.1) is 0 Å². The molecule has 2 unspecified atom stereocenters. The molecule has 1 aliphatic heterocycles. The van der Waals surface area contributed by atoms with Crippen LogP contribution in [0.5, 0.6) is 0 Å². The highest BCUT2D eigenvalue weighted by Crippen LogP contribution is 2.32. The van der Waals surface area contributed by atoms with Gasteiger partial charge in [-0.25, -0.2) is 4.79 Å². The van der Waals surface area contributed by atoms with Gasteiger partial charge < -0.3 is 14.6 Å². The number of H-pyrrole nitrogens is 1. The second kappa shape index (κ2) is 5.51. The van der Waals surface area contributed by atoms with Crippen LogP contribution >= 0.6 is 0 Å². The van der Waals surface area contributed by atoms with E-state index in [0.29, 0.717) is 0 Å². The van der Waals surface area contributed by atoms with Crippen LogP contribution in [-0.4, -0.2) is 33.7 Å². The molecule has 0 saturated carbocycles. The van der Waals surface area contributed by atoms with E-state index in [1.807, 2.05) is 23.2 Å². The van der Waals surface area contributed by atoms with Crippen molar-refractivity contribution >= 4 is 6.03 Å². The summed E-state index contributed by atoms with van der Waals surface area (Å²) in [4.78, 5) is 14.5. The fourth-order valence-electron chi connectivity index (χ4n) is 3.58. The van der Waals surface area contributed by atoms with Crippen molar-refractivity contribution in [3.05, 3.63) is 41.6 Å². The maximum atomic E-state index is 12.6. The zero-order valence-corrected chi connectivity index (χ0v) is 12.4. The predicted octanol–water partition coefficient (Wildman–Crippen LogP) is 2.41. The molecule has 1 fully saturated rings. The van der Waals surface area contributed by atoms with Gasteiger partial charge in [-0.3, -0.25) is 5.10 Å². The van der Waals surface area contributed by atoms with Crippen molar-refractivity contribution in [2.45, 2.75) is 44.2 Å². The van der Waals surface area contributed by atoms with Crippen molar-refractivity contribution in [2.75, 3.05) is 6.54 Å². The summed E-state index contributed by atoms with van der Waals surface area (Å²) in [5.41, 5.74) is 2.43. The number of rotatable bonds is 2. The minimum absolute atomic E-state index is 0.0239. The van der Waals surface area contributed by atoms with Gasteiger partial charge in [0.25, 0.3) is 0 Å². The quantitative estimate of drug-likeness (QED) is 0.894. The molecule has 0 bridgehead atoms. The van der Waals surface area contributed by atoms with E-state index in [1.54, 1.807) is 6.26 Å². The number of carbonyl (C=O) groups is 1. The topological polar surface area (TPSA) is 74.2 Å². The first-order valence-electron chi connectivity index (χ1n) is 7.93. The second-order valence-electron chi connectivity index (χ2n) is 6.13. The maximum absolute atomic E-state index is 12.6. The Morgan fingerprint density at radius 2 is 2.41 bits per heavy atom. The predicted molar refractivity (Wildman–Crippen MR) is 80.3 cm³/mol. The first kappa shape index (κ1) is 13.4. The van der Waals surface area contributed by atoms with E-state index in [0.717, 1.165) is 44.4 Å². The van der Waals surface area contributed by atoms with Gasteiger partial charge in [0.2, 0.25) is 0 Å². The van der Waals surface area contributed by atoms with Crippen LogP contribution in [0.1, 0.15) is 42.3 Å². The Kier molecular flexibility index (Phi) is 3.36. The minimum atomic E-state index is 0.0239. The molecule has 2 N–H and O–H groups in total. The van der Waals surface area contributed by atoms with Gasteiger partial charge in [-0.1, -0.05) is 0 Å². The largest absolute Gasteiger partial charge is 0.467 e. The van der Waals surface area contributed by atoms with Gasteiger partial charge in [-0.05, 0) is 49.8 Å². The molecule has 1 aliphatic carbocycles. The van der Waals surface area contributed by atoms with E-state index in [-0.39, 0.29) is 18.1 Å². The zero-order valence-electron chi connectivity index (χ0n) is 12.4. The number of nitrogens with one attached hydrogen (secondary N) is 2. The SMILES string of the molecule is O=C(NC1CCc2[nH]ncc2C1)N1CCCC1c1ccco1. The molecular weight excluding hydrogens is 280 g/mol. The van der Waals surface area contributed by atoms with E-state index in [4.69, 9.17) is 4.42 Å². The Hall–Kier alpha value is -2.24. The molecule has 4 rings (SSSR count). The van der Waals surface area contributed by atoms with Crippen LogP contribution in [0.3, 0.4) is 0 Å². The van der Waals surface area contributed by atoms with Crippen molar-refractivity contribution in [2.24, 2.45) is 0 Å². The summed E-state index contributed by atoms with van der Waals surface area (Å²) in [6.45, 7) is 0.793. The molecule has 3 heterocycles. The minimum Gasteiger partial charge on any atom is -0.467 e. The molecule has 0 radical (unpaired) electrons. The van der Waals surface area contributed by atoms with Gasteiger partial charge in [0.15, 0.2) is 0 Å². The summed E-state index contributed by atoms with van der Waals surface area (Å²) < 4.78 is 5.49. The molecule has 116 valence electrons. The number of likely N-dealkylation sites (tertiary alicyclic amines) is 1. The Balaban J connectivity index is 1.42. The molecule has 1 saturated heterocycles. The van der Waals surface area contributed by atoms with Crippen molar-refractivity contribution in [3.8, 4) is 0 Å². The summed E-state index contributed by atoms with van der Waals surface area (Å²) in [6, 6.07) is 4.12. The number of urea groups is 1. The van der Waals surface area contributed by atoms with E-state index < -0.39 is 0 Å². The van der Waals surface area contributed by atoms with Gasteiger partial charge in [0.1, 0.15) is 5.76 Å². The van der Waals surface area contributed by atoms with Gasteiger partial charge in [0, 0.05) is 18.3 Å². The Labute approximate surface area is 128 Å². The number of aromatic nitrogens is 2. The summed E-state index contributed by atoms with van der Waals surface area (Å²) >= 11 is 0. The smallest absolute Gasteiger partial charge is 0.318 e. The average Bonchev–Trinajstić information content (AvgIpc) is 3.26. The van der Waals surface area contributed by atoms with Crippen LogP contribution in [0.25, 0.3) is 0 Å². The zero-order chi connectivity index (χ0) is 14.9. The van der Waals surface area contributed by atoms with Crippen LogP contribution in [0.4, 0.5) is 4.79 Å². The lowest BCUT2D eigenvalue weighted by Gasteiger charge is -2.28. The lowest BCUT2D eigenvalue weighted by atomic mass is 9.94. The molecule has 6 heteroatoms. The number of aromatic amines is 1. The Morgan fingerprint density at radius 1 is 1.45 bits per heavy atom. The Bertz CT molecular complexity index is 649. The number of amides is 2. The van der Waals surface area contributed by atoms with E-state index in [1.165, 1.54) is 11.3 Å². The number of hydrogen-bond acceptors (Lipinski definition) is 3. The fraction of sp³-hybridized carbons (Fsp3) is 0.500. The Morgan fingerprint density at radius 3 is 3.27 bits per heavy atom. The van der Waals surface area contributed by atoms with E-state index in [9.17, 15) is 4.79 Å². The normalized spacial score (nSPS) is 24.3. The van der Waals surface area contributed by atoms with Gasteiger partial charge in [0.05, 0.1) is 18.5 Å². The molecular formula is C16H20N4O2. The number of carbonyl (C=O) groups excluding carboxylic acids is 1. The molecule has 2 aromatic heterocycles. The molecule has 2 aromatic rings. The van der Waals surface area contributed by atoms with Crippen molar-refractivity contribution in [3.63, 3.8) is 0 Å². The third-order valence-corrected chi connectivity index (χ3v) is 4.73. The van der Waals surface area contributed by atoms with Crippen LogP contribution in [-0.2, 0) is 12.8 Å². The molecule has 0 spiro atoms. The second-order valence-corrected chi connectivity index (χ2v) is 6.13. The highest BCUT2D eigenvalue weighted by molar-refractivity contribution is 5.75. The van der Waals surface area contributed by atoms with Gasteiger partial charge in [-0.15, -0.1) is 0 Å². The third-order valence-electron chi connectivity index (χ3n) is 4.73. The highest BCUT2D eigenvalue weighted by Gasteiger charge is 2.33. The number of furan rings is 1. The fourth-order valence-corrected chi connectivity index (χ4v) is 3.58. The number of fused-ring (bicyclic) bond motifs is 1. The first-order chi connectivity index (χ1) is 10.8. The lowest BCUT2D eigenvalue weighted by molar-refractivity contribution is 0.181. The molecule has 2 aliphatic rings. The lowest BCUT2D eigenvalue weighted by Crippen LogP contribution is -2.46. The number of hydrogen-bond donors (Lipinski definition) is 2. The van der Waals surface area contributed by atoms with E-state index >= 15 is 0 Å². The summed E-state index contributed by atoms with van der Waals surface area (Å²) in [5, 5.41) is 10.3. The summed E-state index contributed by atoms with van der Waals surface area (Å²) in [7, 11) is 0. The van der Waals surface area contributed by atoms with Crippen molar-refractivity contribution in [1.82, 2.24) is 20.4 Å². The van der Waals surface area contributed by atoms with Gasteiger partial charge >= 0.3 is 6.03 Å². The standard InChI is InChI=1S/C16H20N4O2/c21-16(18-12-5-6-13-11(9-12)10-17-19-13)20-7-1-3-14(20)15-4-2-8-22-15/h2,4,8,10,12,14H,1,3,5-7,9H2,(H,17,19)(H,18,21). The molecule has 6 nitrogen and oxygen atoms in total. The monoisotopic (exact) mass is 300 g/mol. The third kappa shape index (κ3) is 2.38. The molecule has 2 amide bonds. The average molecular weight is 300 g/mol. The number of nitrogens with zero attached hydrogens (tertiary/aromatic N) is 2. The summed E-state index contributed by atoms with van der Waals surface area (Å²) in [5.74, 6) is 0.883. The first-order valence-corrected chi connectivity index (χ1v) is 7.93. The van der Waals surface area contributed by atoms with Crippen LogP contribution < -0.4 is 5.32 Å². The van der Waals surface area contributed by atoms with Crippen molar-refractivity contribution < 1.29 is 9.21 Å². The number of aryl methyl sites for hydroxylation is 1. The molecule has 2 atom stereocenters.